The molecule has 0 saturated carbocycles. The summed E-state index contributed by atoms with van der Waals surface area (Å²) in [6.07, 6.45) is 4.24. The molecule has 1 amide bonds. The van der Waals surface area contributed by atoms with Gasteiger partial charge in [-0.3, -0.25) is 9.59 Å². The van der Waals surface area contributed by atoms with Crippen LogP contribution in [0.25, 0.3) is 28.3 Å². The zero-order chi connectivity index (χ0) is 24.5. The number of ketones is 1. The average molecular weight is 473 g/mol. The van der Waals surface area contributed by atoms with Crippen molar-refractivity contribution in [2.45, 2.75) is 13.0 Å². The molecule has 0 radical (unpaired) electrons. The Bertz CT molecular complexity index is 1570. The van der Waals surface area contributed by atoms with Crippen LogP contribution >= 0.6 is 0 Å². The molecule has 5 aromatic rings. The molecule has 0 saturated heterocycles. The number of halogens is 2. The van der Waals surface area contributed by atoms with Gasteiger partial charge in [0.05, 0.1) is 36.0 Å². The summed E-state index contributed by atoms with van der Waals surface area (Å²) in [5.74, 6) is -2.00. The number of imidazole rings is 2. The predicted octanol–water partition coefficient (Wildman–Crippen LogP) is 2.84. The van der Waals surface area contributed by atoms with Crippen LogP contribution in [0.15, 0.2) is 67.3 Å². The molecule has 0 aliphatic carbocycles. The van der Waals surface area contributed by atoms with Gasteiger partial charge in [-0.25, -0.2) is 23.9 Å². The van der Waals surface area contributed by atoms with Gasteiger partial charge in [-0.05, 0) is 42.5 Å². The van der Waals surface area contributed by atoms with Crippen LogP contribution in [0.5, 0.6) is 0 Å². The number of carbonyl (C=O) groups is 2. The quantitative estimate of drug-likeness (QED) is 0.287. The van der Waals surface area contributed by atoms with E-state index in [1.165, 1.54) is 35.2 Å². The van der Waals surface area contributed by atoms with Crippen molar-refractivity contribution < 1.29 is 18.4 Å². The molecule has 11 heteroatoms. The van der Waals surface area contributed by atoms with E-state index in [1.54, 1.807) is 35.0 Å². The molecular formula is C24H17F2N7O2. The Morgan fingerprint density at radius 2 is 1.80 bits per heavy atom. The largest absolute Gasteiger partial charge is 0.368 e. The second-order valence-electron chi connectivity index (χ2n) is 7.76. The van der Waals surface area contributed by atoms with E-state index in [2.05, 4.69) is 20.1 Å². The highest BCUT2D eigenvalue weighted by Gasteiger charge is 2.19. The van der Waals surface area contributed by atoms with Gasteiger partial charge in [-0.2, -0.15) is 9.49 Å². The lowest BCUT2D eigenvalue weighted by molar-refractivity contribution is -0.118. The standard InChI is InChI=1S/C24H17F2N7O2/c25-16-3-1-14(2-4-16)23-24(32(13-29-23)12-21(27)35)18-5-6-22-30-17(11-33(22)31-18)10-19(34)15-7-8-28-20(26)9-15/h1-9,11,13H,10,12H2,(H2,27,35). The van der Waals surface area contributed by atoms with Crippen molar-refractivity contribution in [1.29, 1.82) is 0 Å². The number of primary amides is 1. The zero-order valence-corrected chi connectivity index (χ0v) is 18.1. The van der Waals surface area contributed by atoms with E-state index in [0.29, 0.717) is 34.0 Å². The topological polar surface area (TPSA) is 121 Å². The van der Waals surface area contributed by atoms with Crippen molar-refractivity contribution in [2.75, 3.05) is 0 Å². The van der Waals surface area contributed by atoms with Gasteiger partial charge >= 0.3 is 0 Å². The lowest BCUT2D eigenvalue weighted by Crippen LogP contribution is -2.19. The summed E-state index contributed by atoms with van der Waals surface area (Å²) in [5, 5.41) is 4.59. The summed E-state index contributed by atoms with van der Waals surface area (Å²) in [6, 6.07) is 11.7. The number of aromatic nitrogens is 6. The van der Waals surface area contributed by atoms with E-state index in [-0.39, 0.29) is 30.1 Å². The minimum atomic E-state index is -0.735. The van der Waals surface area contributed by atoms with Gasteiger partial charge in [-0.1, -0.05) is 0 Å². The molecule has 1 aromatic carbocycles. The Balaban J connectivity index is 1.52. The molecule has 0 aliphatic rings. The van der Waals surface area contributed by atoms with Crippen molar-refractivity contribution in [3.63, 3.8) is 0 Å². The van der Waals surface area contributed by atoms with Crippen LogP contribution in [0.4, 0.5) is 8.78 Å². The first-order valence-electron chi connectivity index (χ1n) is 10.5. The maximum atomic E-state index is 13.4. The third kappa shape index (κ3) is 4.51. The van der Waals surface area contributed by atoms with E-state index in [0.717, 1.165) is 6.07 Å². The minimum Gasteiger partial charge on any atom is -0.368 e. The average Bonchev–Trinajstić information content (AvgIpc) is 3.42. The van der Waals surface area contributed by atoms with Crippen LogP contribution in [0.2, 0.25) is 0 Å². The highest BCUT2D eigenvalue weighted by Crippen LogP contribution is 2.30. The van der Waals surface area contributed by atoms with Crippen LogP contribution < -0.4 is 5.73 Å². The molecule has 0 fully saturated rings. The Kier molecular flexibility index (Phi) is 5.57. The fraction of sp³-hybridized carbons (Fsp3) is 0.0833. The van der Waals surface area contributed by atoms with Crippen molar-refractivity contribution in [1.82, 2.24) is 29.1 Å². The number of hydrogen-bond acceptors (Lipinski definition) is 6. The summed E-state index contributed by atoms with van der Waals surface area (Å²) in [4.78, 5) is 36.4. The van der Waals surface area contributed by atoms with Crippen molar-refractivity contribution in [3.05, 3.63) is 90.3 Å². The number of rotatable bonds is 7. The Hall–Kier alpha value is -4.80. The van der Waals surface area contributed by atoms with Gasteiger partial charge in [-0.15, -0.1) is 0 Å². The number of hydrogen-bond donors (Lipinski definition) is 1. The molecule has 4 aromatic heterocycles. The molecule has 0 aliphatic heterocycles. The number of nitrogens with zero attached hydrogens (tertiary/aromatic N) is 6. The third-order valence-electron chi connectivity index (χ3n) is 5.28. The molecule has 0 atom stereocenters. The summed E-state index contributed by atoms with van der Waals surface area (Å²) in [6.45, 7) is -0.130. The summed E-state index contributed by atoms with van der Waals surface area (Å²) in [5.41, 5.74) is 8.63. The second kappa shape index (κ2) is 8.86. The van der Waals surface area contributed by atoms with E-state index >= 15 is 0 Å². The molecule has 0 bridgehead atoms. The van der Waals surface area contributed by atoms with Gasteiger partial charge in [0.15, 0.2) is 11.4 Å². The van der Waals surface area contributed by atoms with Gasteiger partial charge in [0.25, 0.3) is 0 Å². The molecule has 5 rings (SSSR count). The molecule has 0 spiro atoms. The van der Waals surface area contributed by atoms with Crippen LogP contribution in [0.1, 0.15) is 16.1 Å². The summed E-state index contributed by atoms with van der Waals surface area (Å²) >= 11 is 0. The first kappa shape index (κ1) is 22.0. The highest BCUT2D eigenvalue weighted by atomic mass is 19.1. The molecule has 35 heavy (non-hydrogen) atoms. The number of benzene rings is 1. The number of amides is 1. The van der Waals surface area contributed by atoms with Crippen LogP contribution in [0.3, 0.4) is 0 Å². The lowest BCUT2D eigenvalue weighted by Gasteiger charge is -2.09. The fourth-order valence-electron chi connectivity index (χ4n) is 3.74. The Morgan fingerprint density at radius 1 is 1.00 bits per heavy atom. The second-order valence-corrected chi connectivity index (χ2v) is 7.76. The number of nitrogens with two attached hydrogens (primary N) is 1. The van der Waals surface area contributed by atoms with Gasteiger partial charge in [0, 0.05) is 23.4 Å². The van der Waals surface area contributed by atoms with E-state index in [1.807, 2.05) is 0 Å². The van der Waals surface area contributed by atoms with E-state index in [4.69, 9.17) is 5.73 Å². The highest BCUT2D eigenvalue weighted by molar-refractivity contribution is 5.97. The molecule has 0 unspecified atom stereocenters. The molecule has 4 heterocycles. The van der Waals surface area contributed by atoms with Crippen LogP contribution in [0, 0.1) is 11.8 Å². The van der Waals surface area contributed by atoms with Crippen molar-refractivity contribution >= 4 is 17.3 Å². The number of fused-ring (bicyclic) bond motifs is 1. The van der Waals surface area contributed by atoms with Gasteiger partial charge < -0.3 is 10.3 Å². The number of carbonyl (C=O) groups excluding carboxylic acids is 2. The SMILES string of the molecule is NC(=O)Cn1cnc(-c2ccc(F)cc2)c1-c1ccc2nc(CC(=O)c3ccnc(F)c3)cn2n1. The Labute approximate surface area is 196 Å². The molecule has 2 N–H and O–H groups in total. The normalized spacial score (nSPS) is 11.1. The third-order valence-corrected chi connectivity index (χ3v) is 5.28. The summed E-state index contributed by atoms with van der Waals surface area (Å²) in [7, 11) is 0. The van der Waals surface area contributed by atoms with E-state index < -0.39 is 11.9 Å². The van der Waals surface area contributed by atoms with E-state index in [9.17, 15) is 18.4 Å². The molecule has 174 valence electrons. The minimum absolute atomic E-state index is 0.0530. The fourth-order valence-corrected chi connectivity index (χ4v) is 3.74. The summed E-state index contributed by atoms with van der Waals surface area (Å²) < 4.78 is 29.9. The predicted molar refractivity (Wildman–Crippen MR) is 121 cm³/mol. The van der Waals surface area contributed by atoms with Crippen LogP contribution in [-0.4, -0.2) is 40.8 Å². The van der Waals surface area contributed by atoms with Gasteiger partial charge in [0.2, 0.25) is 11.9 Å². The van der Waals surface area contributed by atoms with Gasteiger partial charge in [0.1, 0.15) is 18.1 Å². The molecular weight excluding hydrogens is 456 g/mol. The lowest BCUT2D eigenvalue weighted by atomic mass is 10.1. The zero-order valence-electron chi connectivity index (χ0n) is 18.1. The first-order chi connectivity index (χ1) is 16.9. The Morgan fingerprint density at radius 3 is 2.54 bits per heavy atom. The van der Waals surface area contributed by atoms with Crippen molar-refractivity contribution in [2.24, 2.45) is 5.73 Å². The molecule has 9 nitrogen and oxygen atoms in total. The number of pyridine rings is 1. The maximum absolute atomic E-state index is 13.4. The van der Waals surface area contributed by atoms with Crippen LogP contribution in [-0.2, 0) is 17.8 Å². The monoisotopic (exact) mass is 473 g/mol. The number of Topliss-reactive ketones (excluding diaryl/α,β-unsaturated/α-hetero) is 1. The maximum Gasteiger partial charge on any atom is 0.237 e. The van der Waals surface area contributed by atoms with Crippen molar-refractivity contribution in [3.8, 4) is 22.6 Å². The first-order valence-corrected chi connectivity index (χ1v) is 10.5. The smallest absolute Gasteiger partial charge is 0.237 e.